The number of ether oxygens (including phenoxy) is 2. The molecule has 0 spiro atoms. The second-order valence-corrected chi connectivity index (χ2v) is 8.72. The number of aromatic nitrogens is 2. The molecular weight excluding hydrogens is 426 g/mol. The van der Waals surface area contributed by atoms with Gasteiger partial charge in [-0.25, -0.2) is 4.98 Å². The molecule has 32 heavy (non-hydrogen) atoms. The minimum absolute atomic E-state index is 0.00739. The number of carbonyl (C=O) groups is 2. The molecule has 1 unspecified atom stereocenters. The summed E-state index contributed by atoms with van der Waals surface area (Å²) in [5.74, 6) is 1.35. The second-order valence-electron chi connectivity index (χ2n) is 7.41. The normalized spacial score (nSPS) is 13.5. The number of rotatable bonds is 7. The molecule has 0 saturated carbocycles. The summed E-state index contributed by atoms with van der Waals surface area (Å²) in [6, 6.07) is 12.8. The van der Waals surface area contributed by atoms with Gasteiger partial charge in [0.15, 0.2) is 22.4 Å². The molecule has 0 aliphatic carbocycles. The molecule has 166 valence electrons. The number of nitrogens with one attached hydrogen (secondary N) is 1. The number of Topliss-reactive ketones (excluding diaryl/α,β-unsaturated/α-hetero) is 1. The van der Waals surface area contributed by atoms with Gasteiger partial charge >= 0.3 is 0 Å². The van der Waals surface area contributed by atoms with E-state index in [1.165, 1.54) is 18.7 Å². The van der Waals surface area contributed by atoms with Crippen molar-refractivity contribution in [2.75, 3.05) is 18.5 Å². The Morgan fingerprint density at radius 1 is 1.12 bits per heavy atom. The fraction of sp³-hybridized carbons (Fsp3) is 0.292. The van der Waals surface area contributed by atoms with Crippen LogP contribution in [0.1, 0.15) is 31.1 Å². The molecule has 1 atom stereocenters. The number of thioether (sulfide) groups is 1. The smallest absolute Gasteiger partial charge is 0.237 e. The maximum atomic E-state index is 12.7. The first-order valence-electron chi connectivity index (χ1n) is 10.5. The van der Waals surface area contributed by atoms with E-state index in [1.807, 2.05) is 31.3 Å². The topological polar surface area (TPSA) is 82.4 Å². The number of fused-ring (bicyclic) bond motifs is 1. The van der Waals surface area contributed by atoms with E-state index in [9.17, 15) is 9.59 Å². The van der Waals surface area contributed by atoms with Crippen molar-refractivity contribution in [2.24, 2.45) is 0 Å². The third-order valence-corrected chi connectivity index (χ3v) is 6.29. The third kappa shape index (κ3) is 4.65. The van der Waals surface area contributed by atoms with Crippen LogP contribution in [0.15, 0.2) is 53.8 Å². The van der Waals surface area contributed by atoms with Crippen LogP contribution in [0.5, 0.6) is 11.5 Å². The molecule has 3 aromatic rings. The number of ketones is 1. The Morgan fingerprint density at radius 2 is 1.84 bits per heavy atom. The lowest BCUT2D eigenvalue weighted by molar-refractivity contribution is -0.115. The average Bonchev–Trinajstić information content (AvgIpc) is 3.21. The van der Waals surface area contributed by atoms with Crippen LogP contribution in [0.25, 0.3) is 11.3 Å². The Hall–Kier alpha value is -3.26. The number of anilines is 1. The van der Waals surface area contributed by atoms with Gasteiger partial charge in [0.05, 0.1) is 17.1 Å². The number of hydrogen-bond donors (Lipinski definition) is 1. The van der Waals surface area contributed by atoms with Crippen LogP contribution in [-0.2, 0) is 11.3 Å². The molecule has 2 aromatic carbocycles. The molecule has 0 saturated heterocycles. The third-order valence-electron chi connectivity index (χ3n) is 5.18. The number of amides is 1. The molecule has 1 amide bonds. The Morgan fingerprint density at radius 3 is 2.53 bits per heavy atom. The summed E-state index contributed by atoms with van der Waals surface area (Å²) in [5, 5.41) is 3.31. The van der Waals surface area contributed by atoms with Gasteiger partial charge in [-0.05, 0) is 63.2 Å². The Bertz CT molecular complexity index is 1140. The van der Waals surface area contributed by atoms with Gasteiger partial charge in [-0.2, -0.15) is 0 Å². The Labute approximate surface area is 191 Å². The molecule has 0 fully saturated rings. The summed E-state index contributed by atoms with van der Waals surface area (Å²) >= 11 is 1.40. The lowest BCUT2D eigenvalue weighted by Gasteiger charge is -2.19. The van der Waals surface area contributed by atoms with E-state index >= 15 is 0 Å². The van der Waals surface area contributed by atoms with Gasteiger partial charge in [0, 0.05) is 23.4 Å². The Balaban J connectivity index is 1.47. The van der Waals surface area contributed by atoms with Crippen LogP contribution in [0.2, 0.25) is 0 Å². The number of imidazole rings is 1. The summed E-state index contributed by atoms with van der Waals surface area (Å²) in [7, 11) is 0. The van der Waals surface area contributed by atoms with Crippen LogP contribution < -0.4 is 14.8 Å². The van der Waals surface area contributed by atoms with Crippen molar-refractivity contribution in [3.63, 3.8) is 0 Å². The molecule has 1 aliphatic heterocycles. The van der Waals surface area contributed by atoms with Crippen LogP contribution in [0.4, 0.5) is 5.69 Å². The van der Waals surface area contributed by atoms with Crippen LogP contribution in [0.3, 0.4) is 0 Å². The molecule has 0 radical (unpaired) electrons. The van der Waals surface area contributed by atoms with Gasteiger partial charge < -0.3 is 19.4 Å². The highest BCUT2D eigenvalue weighted by Crippen LogP contribution is 2.36. The fourth-order valence-electron chi connectivity index (χ4n) is 3.44. The van der Waals surface area contributed by atoms with Crippen molar-refractivity contribution in [3.8, 4) is 22.8 Å². The lowest BCUT2D eigenvalue weighted by atomic mass is 10.1. The van der Waals surface area contributed by atoms with Gasteiger partial charge in [-0.1, -0.05) is 11.8 Å². The summed E-state index contributed by atoms with van der Waals surface area (Å²) in [5.41, 5.74) is 3.21. The highest BCUT2D eigenvalue weighted by Gasteiger charge is 2.20. The molecule has 0 bridgehead atoms. The van der Waals surface area contributed by atoms with Crippen molar-refractivity contribution in [2.45, 2.75) is 37.7 Å². The molecule has 7 nitrogen and oxygen atoms in total. The zero-order valence-electron chi connectivity index (χ0n) is 18.3. The van der Waals surface area contributed by atoms with E-state index in [4.69, 9.17) is 9.47 Å². The SMILES string of the molecule is CCn1c(-c2ccc3c(c2)OCCO3)cnc1SC(C)C(=O)Nc1ccc(C(C)=O)cc1. The largest absolute Gasteiger partial charge is 0.486 e. The maximum absolute atomic E-state index is 12.7. The molecule has 2 heterocycles. The first-order chi connectivity index (χ1) is 15.5. The Kier molecular flexibility index (Phi) is 6.50. The molecule has 8 heteroatoms. The van der Waals surface area contributed by atoms with Crippen LogP contribution in [-0.4, -0.2) is 39.7 Å². The standard InChI is InChI=1S/C24H25N3O4S/c1-4-27-20(18-7-10-21-22(13-18)31-12-11-30-21)14-25-24(27)32-16(3)23(29)26-19-8-5-17(6-9-19)15(2)28/h5-10,13-14,16H,4,11-12H2,1-3H3,(H,26,29). The summed E-state index contributed by atoms with van der Waals surface area (Å²) in [6.07, 6.45) is 1.82. The van der Waals surface area contributed by atoms with Gasteiger partial charge in [-0.15, -0.1) is 0 Å². The predicted molar refractivity (Wildman–Crippen MR) is 125 cm³/mol. The number of hydrogen-bond acceptors (Lipinski definition) is 6. The predicted octanol–water partition coefficient (Wildman–Crippen LogP) is 4.66. The lowest BCUT2D eigenvalue weighted by Crippen LogP contribution is -2.23. The zero-order valence-corrected chi connectivity index (χ0v) is 19.1. The van der Waals surface area contributed by atoms with E-state index in [0.717, 1.165) is 27.9 Å². The van der Waals surface area contributed by atoms with Crippen LogP contribution in [0, 0.1) is 0 Å². The maximum Gasteiger partial charge on any atom is 0.237 e. The molecule has 1 aliphatic rings. The molecular formula is C24H25N3O4S. The molecule has 4 rings (SSSR count). The zero-order chi connectivity index (χ0) is 22.7. The fourth-order valence-corrected chi connectivity index (χ4v) is 4.39. The summed E-state index contributed by atoms with van der Waals surface area (Å²) in [6.45, 7) is 7.22. The number of carbonyl (C=O) groups excluding carboxylic acids is 2. The van der Waals surface area contributed by atoms with Crippen molar-refractivity contribution in [1.82, 2.24) is 9.55 Å². The quantitative estimate of drug-likeness (QED) is 0.415. The van der Waals surface area contributed by atoms with E-state index in [1.54, 1.807) is 24.3 Å². The van der Waals surface area contributed by atoms with E-state index < -0.39 is 0 Å². The van der Waals surface area contributed by atoms with Crippen molar-refractivity contribution in [1.29, 1.82) is 0 Å². The van der Waals surface area contributed by atoms with Crippen molar-refractivity contribution in [3.05, 3.63) is 54.2 Å². The summed E-state index contributed by atoms with van der Waals surface area (Å²) in [4.78, 5) is 28.7. The van der Waals surface area contributed by atoms with Crippen LogP contribution >= 0.6 is 11.8 Å². The number of nitrogens with zero attached hydrogens (tertiary/aromatic N) is 2. The van der Waals surface area contributed by atoms with E-state index in [0.29, 0.717) is 31.0 Å². The molecule has 1 aromatic heterocycles. The minimum Gasteiger partial charge on any atom is -0.486 e. The van der Waals surface area contributed by atoms with E-state index in [-0.39, 0.29) is 16.9 Å². The first kappa shape index (κ1) is 22.0. The molecule has 1 N–H and O–H groups in total. The van der Waals surface area contributed by atoms with E-state index in [2.05, 4.69) is 21.8 Å². The van der Waals surface area contributed by atoms with Gasteiger partial charge in [0.1, 0.15) is 13.2 Å². The first-order valence-corrected chi connectivity index (χ1v) is 11.4. The number of benzene rings is 2. The monoisotopic (exact) mass is 451 g/mol. The van der Waals surface area contributed by atoms with Crippen molar-refractivity contribution < 1.29 is 19.1 Å². The van der Waals surface area contributed by atoms with Gasteiger partial charge in [0.2, 0.25) is 5.91 Å². The average molecular weight is 452 g/mol. The minimum atomic E-state index is -0.358. The van der Waals surface area contributed by atoms with Gasteiger partial charge in [-0.3, -0.25) is 9.59 Å². The highest BCUT2D eigenvalue weighted by atomic mass is 32.2. The van der Waals surface area contributed by atoms with Gasteiger partial charge in [0.25, 0.3) is 0 Å². The second kappa shape index (κ2) is 9.48. The van der Waals surface area contributed by atoms with Crippen molar-refractivity contribution >= 4 is 29.1 Å². The summed E-state index contributed by atoms with van der Waals surface area (Å²) < 4.78 is 13.4. The highest BCUT2D eigenvalue weighted by molar-refractivity contribution is 8.00.